The Kier molecular flexibility index (Phi) is 4.91. The van der Waals surface area contributed by atoms with E-state index in [2.05, 4.69) is 17.2 Å². The number of ether oxygens (including phenoxy) is 1. The quantitative estimate of drug-likeness (QED) is 0.713. The maximum Gasteiger partial charge on any atom is 0.328 e. The van der Waals surface area contributed by atoms with Crippen molar-refractivity contribution in [1.82, 2.24) is 15.0 Å². The Morgan fingerprint density at radius 3 is 3.00 bits per heavy atom. The summed E-state index contributed by atoms with van der Waals surface area (Å²) in [7, 11) is 0. The van der Waals surface area contributed by atoms with Crippen molar-refractivity contribution in [2.75, 3.05) is 0 Å². The molecule has 0 saturated carbocycles. The SMILES string of the molecule is CCCC(C)OC(=O)Cn1cc(CN)nn1. The van der Waals surface area contributed by atoms with E-state index in [4.69, 9.17) is 10.5 Å². The molecule has 2 N–H and O–H groups in total. The Labute approximate surface area is 94.8 Å². The van der Waals surface area contributed by atoms with Crippen LogP contribution in [0, 0.1) is 0 Å². The van der Waals surface area contributed by atoms with Gasteiger partial charge in [0.05, 0.1) is 18.0 Å². The molecule has 1 atom stereocenters. The van der Waals surface area contributed by atoms with Crippen molar-refractivity contribution in [3.05, 3.63) is 11.9 Å². The number of nitrogens with two attached hydrogens (primary N) is 1. The molecule has 1 aromatic rings. The molecule has 6 nitrogen and oxygen atoms in total. The van der Waals surface area contributed by atoms with Gasteiger partial charge in [-0.25, -0.2) is 4.68 Å². The van der Waals surface area contributed by atoms with Crippen LogP contribution in [0.25, 0.3) is 0 Å². The second-order valence-electron chi connectivity index (χ2n) is 3.70. The molecule has 6 heteroatoms. The lowest BCUT2D eigenvalue weighted by atomic mass is 10.2. The third-order valence-electron chi connectivity index (χ3n) is 2.11. The molecule has 0 spiro atoms. The molecule has 90 valence electrons. The molecule has 0 aliphatic rings. The zero-order chi connectivity index (χ0) is 12.0. The average Bonchev–Trinajstić information content (AvgIpc) is 2.65. The van der Waals surface area contributed by atoms with E-state index in [9.17, 15) is 4.79 Å². The summed E-state index contributed by atoms with van der Waals surface area (Å²) >= 11 is 0. The maximum absolute atomic E-state index is 11.5. The molecule has 0 aliphatic carbocycles. The monoisotopic (exact) mass is 226 g/mol. The highest BCUT2D eigenvalue weighted by Crippen LogP contribution is 2.02. The van der Waals surface area contributed by atoms with Gasteiger partial charge in [0, 0.05) is 6.54 Å². The molecule has 1 rings (SSSR count). The van der Waals surface area contributed by atoms with Crippen molar-refractivity contribution in [1.29, 1.82) is 0 Å². The van der Waals surface area contributed by atoms with Gasteiger partial charge in [-0.3, -0.25) is 4.79 Å². The molecular weight excluding hydrogens is 208 g/mol. The number of hydrogen-bond donors (Lipinski definition) is 1. The first kappa shape index (κ1) is 12.6. The maximum atomic E-state index is 11.5. The minimum absolute atomic E-state index is 0.0463. The molecule has 1 heterocycles. The van der Waals surface area contributed by atoms with E-state index in [1.807, 2.05) is 6.92 Å². The van der Waals surface area contributed by atoms with Crippen LogP contribution in [-0.2, 0) is 22.6 Å². The Hall–Kier alpha value is -1.43. The van der Waals surface area contributed by atoms with Crippen LogP contribution in [0.3, 0.4) is 0 Å². The first-order valence-corrected chi connectivity index (χ1v) is 5.44. The van der Waals surface area contributed by atoms with E-state index in [-0.39, 0.29) is 18.6 Å². The second-order valence-corrected chi connectivity index (χ2v) is 3.70. The number of aromatic nitrogens is 3. The number of rotatable bonds is 6. The molecule has 0 aliphatic heterocycles. The van der Waals surface area contributed by atoms with Crippen LogP contribution in [0.15, 0.2) is 6.20 Å². The van der Waals surface area contributed by atoms with Crippen molar-refractivity contribution in [3.63, 3.8) is 0 Å². The Morgan fingerprint density at radius 1 is 1.69 bits per heavy atom. The lowest BCUT2D eigenvalue weighted by Gasteiger charge is -2.11. The highest BCUT2D eigenvalue weighted by Gasteiger charge is 2.10. The van der Waals surface area contributed by atoms with Crippen LogP contribution in [0.2, 0.25) is 0 Å². The zero-order valence-electron chi connectivity index (χ0n) is 9.72. The van der Waals surface area contributed by atoms with Crippen molar-refractivity contribution < 1.29 is 9.53 Å². The summed E-state index contributed by atoms with van der Waals surface area (Å²) in [5, 5.41) is 7.55. The summed E-state index contributed by atoms with van der Waals surface area (Å²) in [5.74, 6) is -0.297. The smallest absolute Gasteiger partial charge is 0.328 e. The van der Waals surface area contributed by atoms with Gasteiger partial charge in [0.1, 0.15) is 6.54 Å². The number of esters is 1. The van der Waals surface area contributed by atoms with Gasteiger partial charge < -0.3 is 10.5 Å². The minimum Gasteiger partial charge on any atom is -0.461 e. The topological polar surface area (TPSA) is 83.0 Å². The summed E-state index contributed by atoms with van der Waals surface area (Å²) in [6.07, 6.45) is 3.47. The number of hydrogen-bond acceptors (Lipinski definition) is 5. The summed E-state index contributed by atoms with van der Waals surface area (Å²) in [4.78, 5) is 11.5. The lowest BCUT2D eigenvalue weighted by Crippen LogP contribution is -2.19. The van der Waals surface area contributed by atoms with Crippen LogP contribution in [0.1, 0.15) is 32.4 Å². The molecular formula is C10H18N4O2. The Morgan fingerprint density at radius 2 is 2.44 bits per heavy atom. The predicted octanol–water partition coefficient (Wildman–Crippen LogP) is 0.469. The first-order chi connectivity index (χ1) is 7.65. The highest BCUT2D eigenvalue weighted by molar-refractivity contribution is 5.69. The van der Waals surface area contributed by atoms with Crippen molar-refractivity contribution >= 4 is 5.97 Å². The van der Waals surface area contributed by atoms with Gasteiger partial charge >= 0.3 is 5.97 Å². The van der Waals surface area contributed by atoms with Gasteiger partial charge in [-0.2, -0.15) is 0 Å². The third kappa shape index (κ3) is 3.98. The van der Waals surface area contributed by atoms with E-state index in [0.717, 1.165) is 12.8 Å². The Balaban J connectivity index is 2.39. The molecule has 0 aromatic carbocycles. The van der Waals surface area contributed by atoms with Gasteiger partial charge in [0.25, 0.3) is 0 Å². The van der Waals surface area contributed by atoms with Crippen LogP contribution in [0.4, 0.5) is 0 Å². The molecule has 16 heavy (non-hydrogen) atoms. The van der Waals surface area contributed by atoms with Crippen LogP contribution in [0.5, 0.6) is 0 Å². The number of carbonyl (C=O) groups is 1. The van der Waals surface area contributed by atoms with Crippen LogP contribution < -0.4 is 5.73 Å². The van der Waals surface area contributed by atoms with E-state index in [1.54, 1.807) is 6.20 Å². The van der Waals surface area contributed by atoms with E-state index in [1.165, 1.54) is 4.68 Å². The van der Waals surface area contributed by atoms with E-state index >= 15 is 0 Å². The molecule has 0 bridgehead atoms. The normalized spacial score (nSPS) is 12.4. The molecule has 0 amide bonds. The van der Waals surface area contributed by atoms with Crippen LogP contribution >= 0.6 is 0 Å². The van der Waals surface area contributed by atoms with Gasteiger partial charge in [-0.15, -0.1) is 5.10 Å². The summed E-state index contributed by atoms with van der Waals surface area (Å²) in [6.45, 7) is 4.34. The van der Waals surface area contributed by atoms with E-state index < -0.39 is 0 Å². The molecule has 1 unspecified atom stereocenters. The van der Waals surface area contributed by atoms with Crippen LogP contribution in [-0.4, -0.2) is 27.1 Å². The fourth-order valence-corrected chi connectivity index (χ4v) is 1.37. The van der Waals surface area contributed by atoms with E-state index in [0.29, 0.717) is 12.2 Å². The van der Waals surface area contributed by atoms with Gasteiger partial charge in [-0.05, 0) is 13.3 Å². The Bertz CT molecular complexity index is 337. The van der Waals surface area contributed by atoms with Gasteiger partial charge in [0.15, 0.2) is 0 Å². The fraction of sp³-hybridized carbons (Fsp3) is 0.700. The number of carbonyl (C=O) groups excluding carboxylic acids is 1. The second kappa shape index (κ2) is 6.22. The van der Waals surface area contributed by atoms with Crippen molar-refractivity contribution in [2.24, 2.45) is 5.73 Å². The van der Waals surface area contributed by atoms with Gasteiger partial charge in [0.2, 0.25) is 0 Å². The highest BCUT2D eigenvalue weighted by atomic mass is 16.5. The third-order valence-corrected chi connectivity index (χ3v) is 2.11. The standard InChI is InChI=1S/C10H18N4O2/c1-3-4-8(2)16-10(15)7-14-6-9(5-11)12-13-14/h6,8H,3-5,7,11H2,1-2H3. The molecule has 0 saturated heterocycles. The van der Waals surface area contributed by atoms with Gasteiger partial charge in [-0.1, -0.05) is 18.6 Å². The first-order valence-electron chi connectivity index (χ1n) is 5.44. The number of nitrogens with zero attached hydrogens (tertiary/aromatic N) is 3. The summed E-state index contributed by atoms with van der Waals surface area (Å²) < 4.78 is 6.61. The molecule has 1 aromatic heterocycles. The fourth-order valence-electron chi connectivity index (χ4n) is 1.37. The summed E-state index contributed by atoms with van der Waals surface area (Å²) in [6, 6.07) is 0. The molecule has 0 radical (unpaired) electrons. The lowest BCUT2D eigenvalue weighted by molar-refractivity contribution is -0.149. The van der Waals surface area contributed by atoms with Crippen molar-refractivity contribution in [3.8, 4) is 0 Å². The summed E-state index contributed by atoms with van der Waals surface area (Å²) in [5.41, 5.74) is 6.04. The largest absolute Gasteiger partial charge is 0.461 e. The van der Waals surface area contributed by atoms with Crippen molar-refractivity contribution in [2.45, 2.75) is 45.9 Å². The molecule has 0 fully saturated rings. The predicted molar refractivity (Wildman–Crippen MR) is 58.4 cm³/mol. The minimum atomic E-state index is -0.297. The zero-order valence-corrected chi connectivity index (χ0v) is 9.72. The average molecular weight is 226 g/mol.